The number of carbonyl (C=O) groups excluding carboxylic acids is 5. The molecule has 143 heavy (non-hydrogen) atoms. The second kappa shape index (κ2) is 55.7. The van der Waals surface area contributed by atoms with Crippen molar-refractivity contribution in [2.45, 2.75) is 236 Å². The third-order valence-corrected chi connectivity index (χ3v) is 27.0. The number of nitrogens with two attached hydrogens (primary N) is 3. The van der Waals surface area contributed by atoms with Gasteiger partial charge >= 0.3 is 57.4 Å². The van der Waals surface area contributed by atoms with Crippen LogP contribution in [0.2, 0.25) is 0 Å². The van der Waals surface area contributed by atoms with E-state index < -0.39 is 37.5 Å². The molecule has 0 saturated heterocycles. The van der Waals surface area contributed by atoms with Gasteiger partial charge in [0.25, 0.3) is 12.4 Å². The molecule has 4 aromatic heterocycles. The van der Waals surface area contributed by atoms with Crippen molar-refractivity contribution in [1.82, 2.24) is 60.8 Å². The van der Waals surface area contributed by atoms with Crippen LogP contribution in [0.25, 0.3) is 88.6 Å². The average Bonchev–Trinajstić information content (AvgIpc) is 1.64. The Kier molecular flexibility index (Phi) is 48.2. The fourth-order valence-corrected chi connectivity index (χ4v) is 19.3. The molecule has 0 atom stereocenters. The number of fused-ring (bicyclic) bond motifs is 4. The molecule has 12 rings (SSSR count). The van der Waals surface area contributed by atoms with E-state index >= 15 is 0 Å². The monoisotopic (exact) mass is 2000 g/mol. The summed E-state index contributed by atoms with van der Waals surface area (Å²) in [4.78, 5) is 107. The summed E-state index contributed by atoms with van der Waals surface area (Å²) in [5.74, 6) is 0.851. The maximum Gasteiger partial charge on any atom is 1.00 e. The van der Waals surface area contributed by atoms with E-state index in [1.165, 1.54) is 74.4 Å². The number of nitro groups is 2. The van der Waals surface area contributed by atoms with Crippen LogP contribution in [0.5, 0.6) is 0 Å². The van der Waals surface area contributed by atoms with E-state index in [2.05, 4.69) is 230 Å². The molecular weight excluding hydrogens is 1830 g/mol. The van der Waals surface area contributed by atoms with Crippen LogP contribution in [0.1, 0.15) is 224 Å². The molecule has 0 radical (unpaired) electrons. The van der Waals surface area contributed by atoms with Gasteiger partial charge in [-0.15, -0.1) is 11.8 Å². The van der Waals surface area contributed by atoms with Crippen molar-refractivity contribution in [2.24, 2.45) is 17.2 Å². The maximum absolute atomic E-state index is 13.4. The minimum atomic E-state index is -0.680. The van der Waals surface area contributed by atoms with Gasteiger partial charge in [0.1, 0.15) is 5.03 Å². The molecule has 26 nitrogen and oxygen atoms in total. The number of H-pyrrole nitrogens is 4. The summed E-state index contributed by atoms with van der Waals surface area (Å²) in [6.07, 6.45) is 6.45. The first-order valence-electron chi connectivity index (χ1n) is 48.7. The van der Waals surface area contributed by atoms with Crippen molar-refractivity contribution in [3.63, 3.8) is 0 Å². The Bertz CT molecular complexity index is 6140. The normalized spacial score (nSPS) is 11.4. The zero-order chi connectivity index (χ0) is 103. The first-order valence-corrected chi connectivity index (χ1v) is 49.9. The molecule has 6 amide bonds. The Morgan fingerprint density at radius 1 is 0.378 bits per heavy atom. The molecule has 28 heteroatoms. The first-order chi connectivity index (χ1) is 65.8. The molecule has 772 valence electrons. The summed E-state index contributed by atoms with van der Waals surface area (Å²) in [5.41, 5.74) is 44.1. The molecule has 0 saturated carbocycles. The number of hydrogen-bond acceptors (Lipinski definition) is 15. The van der Waals surface area contributed by atoms with E-state index in [9.17, 15) is 44.2 Å². The Labute approximate surface area is 899 Å². The molecule has 14 N–H and O–H groups in total. The number of hydrogen-bond donors (Lipinski definition) is 11. The van der Waals surface area contributed by atoms with Crippen LogP contribution < -0.4 is 89.9 Å². The summed E-state index contributed by atoms with van der Waals surface area (Å²) >= 11 is 1.32. The zero-order valence-corrected chi connectivity index (χ0v) is 92.3. The summed E-state index contributed by atoms with van der Waals surface area (Å²) in [5, 5.41) is 38.6. The predicted octanol–water partition coefficient (Wildman–Crippen LogP) is 19.7. The number of urea groups is 1. The second-order valence-corrected chi connectivity index (χ2v) is 38.7. The number of thioether (sulfide) groups is 1. The summed E-state index contributed by atoms with van der Waals surface area (Å²) in [7, 11) is 3.15. The molecule has 0 spiro atoms. The van der Waals surface area contributed by atoms with Gasteiger partial charge in [-0.25, -0.2) is 4.79 Å². The molecule has 0 fully saturated rings. The van der Waals surface area contributed by atoms with E-state index in [1.807, 2.05) is 155 Å². The fourth-order valence-electron chi connectivity index (χ4n) is 18.8. The molecule has 0 bridgehead atoms. The number of likely N-dealkylation sites (N-methyl/N-ethyl adjacent to an activating group) is 4. The number of aromatic amines is 4. The summed E-state index contributed by atoms with van der Waals surface area (Å²) in [6.45, 7) is 56.4. The van der Waals surface area contributed by atoms with E-state index in [4.69, 9.17) is 11.5 Å². The molecular formula is C115H166KN17O9S. The molecule has 8 aromatic carbocycles. The minimum absolute atomic E-state index is 0. The van der Waals surface area contributed by atoms with Crippen molar-refractivity contribution in [2.75, 3.05) is 98.9 Å². The van der Waals surface area contributed by atoms with Crippen LogP contribution in [0.4, 0.5) is 4.79 Å². The van der Waals surface area contributed by atoms with Gasteiger partial charge in [0.2, 0.25) is 23.6 Å². The Balaban J connectivity index is 0.000000486. The van der Waals surface area contributed by atoms with Gasteiger partial charge in [-0.2, -0.15) is 0 Å². The minimum Gasteiger partial charge on any atom is -1.00 e. The summed E-state index contributed by atoms with van der Waals surface area (Å²) < 4.78 is 0. The van der Waals surface area contributed by atoms with Gasteiger partial charge in [-0.05, 0) is 376 Å². The van der Waals surface area contributed by atoms with Crippen molar-refractivity contribution < 1.29 is 86.6 Å². The first kappa shape index (κ1) is 124. The molecule has 0 aliphatic heterocycles. The van der Waals surface area contributed by atoms with E-state index in [1.54, 1.807) is 7.05 Å². The number of nitrogens with zero attached hydrogens (tertiary/aromatic N) is 6. The Morgan fingerprint density at radius 3 is 0.804 bits per heavy atom. The molecule has 4 heterocycles. The van der Waals surface area contributed by atoms with Gasteiger partial charge in [-0.1, -0.05) is 115 Å². The topological polar surface area (TPSA) is 374 Å². The molecule has 12 aromatic rings. The van der Waals surface area contributed by atoms with Crippen molar-refractivity contribution >= 4 is 85.0 Å². The van der Waals surface area contributed by atoms with Crippen molar-refractivity contribution in [3.05, 3.63) is 278 Å². The van der Waals surface area contributed by atoms with Crippen LogP contribution >= 0.6 is 11.8 Å². The van der Waals surface area contributed by atoms with Crippen LogP contribution in [-0.2, 0) is 66.5 Å². The van der Waals surface area contributed by atoms with Crippen LogP contribution in [0.15, 0.2) is 169 Å². The third kappa shape index (κ3) is 30.6. The van der Waals surface area contributed by atoms with Gasteiger partial charge < -0.3 is 79.4 Å². The standard InChI is InChI=1S/C29H39N5O3.C29H38N4O3S.C27H36N4O2.C26H35N3O.CH5N.3CH4.K.H/c1-8-33(9-2)28(35)29(5,6)22-10-11-25-24(17-22)23(12-13-31-26(30-7)18-34(36)37)27(32-25)21-15-19(3)14-20(4)16-21;1-8-32(9-2)28(34)29(5,6)22-10-11-25-24(17-22)23(12-13-30-26(37-7)18-33(35)36)27(31-25)21-15-19(3)14-20(4)16-21;1-7-31(8-2)25(32)27(5,6)20-9-10-23-22(16-20)21(11-12-29-26(28)33)24(30-23)19-14-17(3)13-18(4)15-19;1-7-29(8-2)25(30)26(5,6)20-9-10-23-22(16-20)21(11-12-27)24(28-23)19-14-17(3)13-18(4)15-19;1-2;;;;;/h10-11,14-18,30-32H,8-9,12-13H2,1-7H3;10-11,14-18,30-31H,8-9,12-13H2,1-7H3;9-10,13-16,30H,7-8,11-12H2,1-6H3,(H3,28,29,33);9-10,13-16,28H,7-8,11-12,27H2,1-6H3;2H2,1H3;3*1H4;;/q;;;;;;;;+1;-1/b26-18+;26-18-;;;;;;;;. The zero-order valence-electron chi connectivity index (χ0n) is 89.3. The van der Waals surface area contributed by atoms with Crippen molar-refractivity contribution in [3.8, 4) is 45.0 Å². The SMILES string of the molecule is C.C.C.CCN(CC)C(=O)C(C)(C)c1ccc2[nH]c(-c3cc(C)cc(C)c3)c(CCN)c2c1.CCN(CC)C(=O)C(C)(C)c1ccc2[nH]c(-c3cc(C)cc(C)c3)c(CCN/C(=C/[N+](=O)[O-])NC)c2c1.CCN(CC)C(=O)C(C)(C)c1ccc2[nH]c(-c3cc(C)cc(C)c3)c(CCN/C(=C/[N+](=O)[O-])SC)c2c1.CCN(CC)C(=O)C(C)(C)c1ccc2[nH]c(-c3cc(C)cc(C)c3)c(CCNC(N)=O)c2c1.CN.[H-].[K+]. The molecule has 0 unspecified atom stereocenters. The second-order valence-electron chi connectivity index (χ2n) is 37.9. The number of benzene rings is 8. The van der Waals surface area contributed by atoms with E-state index in [0.29, 0.717) is 95.6 Å². The van der Waals surface area contributed by atoms with Gasteiger partial charge in [-0.3, -0.25) is 39.4 Å². The number of carbonyl (C=O) groups is 5. The van der Waals surface area contributed by atoms with Gasteiger partial charge in [0, 0.05) is 145 Å². The number of rotatable bonds is 37. The van der Waals surface area contributed by atoms with Crippen LogP contribution in [0.3, 0.4) is 0 Å². The number of aromatic nitrogens is 4. The van der Waals surface area contributed by atoms with Crippen LogP contribution in [0, 0.1) is 75.6 Å². The Morgan fingerprint density at radius 2 is 0.601 bits per heavy atom. The number of aryl methyl sites for hydroxylation is 8. The average molecular weight is 2000 g/mol. The third-order valence-electron chi connectivity index (χ3n) is 26.3. The van der Waals surface area contributed by atoms with E-state index in [0.717, 1.165) is 154 Å². The Hall–Kier alpha value is -11.3. The largest absolute Gasteiger partial charge is 1.00 e. The number of nitrogens with one attached hydrogen (secondary N) is 8. The molecule has 0 aliphatic carbocycles. The number of amides is 6. The van der Waals surface area contributed by atoms with Crippen molar-refractivity contribution in [1.29, 1.82) is 0 Å². The predicted molar refractivity (Wildman–Crippen MR) is 598 cm³/mol. The van der Waals surface area contributed by atoms with Gasteiger partial charge in [0.15, 0.2) is 5.82 Å². The van der Waals surface area contributed by atoms with Gasteiger partial charge in [0.05, 0.1) is 31.5 Å². The van der Waals surface area contributed by atoms with Crippen LogP contribution in [-0.4, -0.2) is 178 Å². The van der Waals surface area contributed by atoms with E-state index in [-0.39, 0.29) is 98.7 Å². The summed E-state index contributed by atoms with van der Waals surface area (Å²) in [6, 6.07) is 50.6. The smallest absolute Gasteiger partial charge is 1.00 e. The number of primary amides is 1. The fraction of sp³-hybridized carbons (Fsp3) is 0.435. The maximum atomic E-state index is 13.4. The quantitative estimate of drug-likeness (QED) is 0.00979. The molecule has 0 aliphatic rings.